The second-order valence-electron chi connectivity index (χ2n) is 5.30. The summed E-state index contributed by atoms with van der Waals surface area (Å²) >= 11 is 1.08. The molecule has 1 heterocycles. The van der Waals surface area contributed by atoms with E-state index in [-0.39, 0.29) is 28.9 Å². The van der Waals surface area contributed by atoms with Crippen molar-refractivity contribution in [3.63, 3.8) is 0 Å². The second kappa shape index (κ2) is 8.70. The van der Waals surface area contributed by atoms with Gasteiger partial charge in [0.05, 0.1) is 17.7 Å². The molecule has 2 aromatic rings. The Hall–Kier alpha value is -2.55. The standard InChI is InChI=1S/C17H16F3N3O2S/c1-2-6-21-14(24)8-13-9-15(25)23-16(22-13)26-10-11-4-3-5-12(7-11)17(18,19)20/h2-5,7,9H,1,6,8,10H2,(H,21,24)(H,22,23,25). The summed E-state index contributed by atoms with van der Waals surface area (Å²) in [4.78, 5) is 30.1. The Morgan fingerprint density at radius 1 is 1.35 bits per heavy atom. The summed E-state index contributed by atoms with van der Waals surface area (Å²) in [6.07, 6.45) is -2.96. The number of carbonyl (C=O) groups excluding carboxylic acids is 1. The monoisotopic (exact) mass is 383 g/mol. The van der Waals surface area contributed by atoms with Gasteiger partial charge in [0, 0.05) is 18.4 Å². The van der Waals surface area contributed by atoms with Gasteiger partial charge in [-0.05, 0) is 11.6 Å². The summed E-state index contributed by atoms with van der Waals surface area (Å²) in [7, 11) is 0. The molecule has 1 aromatic heterocycles. The molecule has 2 N–H and O–H groups in total. The van der Waals surface area contributed by atoms with Crippen molar-refractivity contribution >= 4 is 17.7 Å². The van der Waals surface area contributed by atoms with E-state index in [1.165, 1.54) is 18.2 Å². The van der Waals surface area contributed by atoms with Gasteiger partial charge in [0.2, 0.25) is 5.91 Å². The highest BCUT2D eigenvalue weighted by Gasteiger charge is 2.30. The van der Waals surface area contributed by atoms with Gasteiger partial charge in [-0.25, -0.2) is 4.98 Å². The van der Waals surface area contributed by atoms with E-state index < -0.39 is 17.3 Å². The molecule has 1 aromatic carbocycles. The van der Waals surface area contributed by atoms with Crippen LogP contribution >= 0.6 is 11.8 Å². The van der Waals surface area contributed by atoms with Crippen LogP contribution in [0.25, 0.3) is 0 Å². The minimum atomic E-state index is -4.41. The van der Waals surface area contributed by atoms with E-state index in [4.69, 9.17) is 0 Å². The van der Waals surface area contributed by atoms with Gasteiger partial charge in [-0.2, -0.15) is 13.2 Å². The number of halogens is 3. The lowest BCUT2D eigenvalue weighted by molar-refractivity contribution is -0.137. The number of hydrogen-bond acceptors (Lipinski definition) is 4. The van der Waals surface area contributed by atoms with Crippen LogP contribution in [-0.2, 0) is 23.1 Å². The third-order valence-corrected chi connectivity index (χ3v) is 4.13. The van der Waals surface area contributed by atoms with Gasteiger partial charge in [-0.1, -0.05) is 36.0 Å². The van der Waals surface area contributed by atoms with Gasteiger partial charge in [0.25, 0.3) is 5.56 Å². The number of benzene rings is 1. The van der Waals surface area contributed by atoms with Crippen molar-refractivity contribution in [3.05, 3.63) is 70.2 Å². The number of thioether (sulfide) groups is 1. The molecule has 0 fully saturated rings. The summed E-state index contributed by atoms with van der Waals surface area (Å²) in [5.41, 5.74) is -0.439. The number of H-pyrrole nitrogens is 1. The van der Waals surface area contributed by atoms with E-state index in [0.29, 0.717) is 12.1 Å². The molecule has 0 saturated heterocycles. The van der Waals surface area contributed by atoms with Crippen molar-refractivity contribution in [2.45, 2.75) is 23.5 Å². The van der Waals surface area contributed by atoms with Crippen molar-refractivity contribution in [1.29, 1.82) is 0 Å². The molecule has 5 nitrogen and oxygen atoms in total. The largest absolute Gasteiger partial charge is 0.416 e. The first-order valence-corrected chi connectivity index (χ1v) is 8.53. The van der Waals surface area contributed by atoms with Gasteiger partial charge in [0.15, 0.2) is 5.16 Å². The maximum atomic E-state index is 12.7. The van der Waals surface area contributed by atoms with Gasteiger partial charge in [-0.3, -0.25) is 9.59 Å². The quantitative estimate of drug-likeness (QED) is 0.438. The fourth-order valence-electron chi connectivity index (χ4n) is 2.04. The fraction of sp³-hybridized carbons (Fsp3) is 0.235. The summed E-state index contributed by atoms with van der Waals surface area (Å²) in [5, 5.41) is 2.81. The van der Waals surface area contributed by atoms with E-state index in [9.17, 15) is 22.8 Å². The molecule has 0 unspecified atom stereocenters. The minimum absolute atomic E-state index is 0.0745. The highest BCUT2D eigenvalue weighted by molar-refractivity contribution is 7.98. The predicted molar refractivity (Wildman–Crippen MR) is 92.8 cm³/mol. The molecule has 0 saturated carbocycles. The second-order valence-corrected chi connectivity index (χ2v) is 6.26. The van der Waals surface area contributed by atoms with Crippen LogP contribution in [-0.4, -0.2) is 22.4 Å². The minimum Gasteiger partial charge on any atom is -0.352 e. The fourth-order valence-corrected chi connectivity index (χ4v) is 2.88. The first-order chi connectivity index (χ1) is 12.3. The third-order valence-electron chi connectivity index (χ3n) is 3.19. The zero-order valence-electron chi connectivity index (χ0n) is 13.6. The van der Waals surface area contributed by atoms with E-state index in [0.717, 1.165) is 23.9 Å². The summed E-state index contributed by atoms with van der Waals surface area (Å²) in [5.74, 6) is -0.115. The first kappa shape index (κ1) is 19.8. The SMILES string of the molecule is C=CCNC(=O)Cc1cc(=O)[nH]c(SCc2cccc(C(F)(F)F)c2)n1. The molecule has 0 atom stereocenters. The van der Waals surface area contributed by atoms with Gasteiger partial charge < -0.3 is 10.3 Å². The van der Waals surface area contributed by atoms with Crippen LogP contribution in [0.2, 0.25) is 0 Å². The zero-order chi connectivity index (χ0) is 19.2. The van der Waals surface area contributed by atoms with Crippen molar-refractivity contribution in [3.8, 4) is 0 Å². The summed E-state index contributed by atoms with van der Waals surface area (Å²) < 4.78 is 38.2. The Labute approximate surface area is 151 Å². The molecular weight excluding hydrogens is 367 g/mol. The Balaban J connectivity index is 2.07. The normalized spacial score (nSPS) is 11.2. The predicted octanol–water partition coefficient (Wildman–Crippen LogP) is 2.93. The van der Waals surface area contributed by atoms with Crippen molar-refractivity contribution in [2.75, 3.05) is 6.54 Å². The molecule has 0 spiro atoms. The van der Waals surface area contributed by atoms with Crippen molar-refractivity contribution in [1.82, 2.24) is 15.3 Å². The van der Waals surface area contributed by atoms with Crippen LogP contribution in [0.3, 0.4) is 0 Å². The molecule has 0 aliphatic heterocycles. The first-order valence-electron chi connectivity index (χ1n) is 7.54. The van der Waals surface area contributed by atoms with Crippen LogP contribution < -0.4 is 10.9 Å². The topological polar surface area (TPSA) is 74.8 Å². The number of aromatic nitrogens is 2. The molecular formula is C17H16F3N3O2S. The number of aromatic amines is 1. The summed E-state index contributed by atoms with van der Waals surface area (Å²) in [6.45, 7) is 3.79. The smallest absolute Gasteiger partial charge is 0.352 e. The molecule has 138 valence electrons. The number of hydrogen-bond donors (Lipinski definition) is 2. The average molecular weight is 383 g/mol. The maximum absolute atomic E-state index is 12.7. The Morgan fingerprint density at radius 2 is 2.12 bits per heavy atom. The van der Waals surface area contributed by atoms with Crippen LogP contribution in [0, 0.1) is 0 Å². The molecule has 26 heavy (non-hydrogen) atoms. The molecule has 0 radical (unpaired) electrons. The van der Waals surface area contributed by atoms with Crippen LogP contribution in [0.4, 0.5) is 13.2 Å². The molecule has 2 rings (SSSR count). The Bertz CT molecular complexity index is 850. The van der Waals surface area contributed by atoms with E-state index >= 15 is 0 Å². The highest BCUT2D eigenvalue weighted by Crippen LogP contribution is 2.30. The van der Waals surface area contributed by atoms with Crippen LogP contribution in [0.1, 0.15) is 16.8 Å². The Morgan fingerprint density at radius 3 is 2.81 bits per heavy atom. The van der Waals surface area contributed by atoms with E-state index in [1.54, 1.807) is 6.07 Å². The van der Waals surface area contributed by atoms with Crippen molar-refractivity contribution < 1.29 is 18.0 Å². The number of alkyl halides is 3. The zero-order valence-corrected chi connectivity index (χ0v) is 14.4. The van der Waals surface area contributed by atoms with Crippen LogP contribution in [0.15, 0.2) is 52.9 Å². The highest BCUT2D eigenvalue weighted by atomic mass is 32.2. The summed E-state index contributed by atoms with van der Waals surface area (Å²) in [6, 6.07) is 6.15. The van der Waals surface area contributed by atoms with E-state index in [1.807, 2.05) is 0 Å². The van der Waals surface area contributed by atoms with E-state index in [2.05, 4.69) is 21.9 Å². The lowest BCUT2D eigenvalue weighted by atomic mass is 10.1. The van der Waals surface area contributed by atoms with Gasteiger partial charge in [0.1, 0.15) is 0 Å². The molecule has 1 amide bonds. The lowest BCUT2D eigenvalue weighted by Crippen LogP contribution is -2.26. The Kier molecular flexibility index (Phi) is 6.62. The number of nitrogens with zero attached hydrogens (tertiary/aromatic N) is 1. The maximum Gasteiger partial charge on any atom is 0.416 e. The number of amides is 1. The average Bonchev–Trinajstić information content (AvgIpc) is 2.57. The van der Waals surface area contributed by atoms with Gasteiger partial charge >= 0.3 is 6.18 Å². The number of nitrogens with one attached hydrogen (secondary N) is 2. The van der Waals surface area contributed by atoms with Crippen LogP contribution in [0.5, 0.6) is 0 Å². The van der Waals surface area contributed by atoms with Gasteiger partial charge in [-0.15, -0.1) is 6.58 Å². The van der Waals surface area contributed by atoms with Crippen molar-refractivity contribution in [2.24, 2.45) is 0 Å². The third kappa shape index (κ3) is 6.07. The molecule has 0 aliphatic rings. The number of carbonyl (C=O) groups is 1. The molecule has 0 aliphatic carbocycles. The molecule has 0 bridgehead atoms. The molecule has 9 heteroatoms. The number of rotatable bonds is 7. The lowest BCUT2D eigenvalue weighted by Gasteiger charge is -2.08.